The minimum atomic E-state index is -1.21. The van der Waals surface area contributed by atoms with Crippen LogP contribution in [0.4, 0.5) is 9.59 Å². The average Bonchev–Trinajstić information content (AvgIpc) is 3.84. The number of carboxylic acid groups (broad SMARTS) is 1. The summed E-state index contributed by atoms with van der Waals surface area (Å²) in [5, 5.41) is 14.7. The zero-order valence-corrected chi connectivity index (χ0v) is 34.9. The maximum atomic E-state index is 13.9. The van der Waals surface area contributed by atoms with Gasteiger partial charge in [-0.1, -0.05) is 58.9 Å². The van der Waals surface area contributed by atoms with Crippen LogP contribution in [0.2, 0.25) is 0 Å². The predicted octanol–water partition coefficient (Wildman–Crippen LogP) is 7.26. The summed E-state index contributed by atoms with van der Waals surface area (Å²) in [5.74, 6) is 1.46. The molecule has 0 bridgehead atoms. The van der Waals surface area contributed by atoms with Crippen molar-refractivity contribution in [1.29, 1.82) is 0 Å². The lowest BCUT2D eigenvalue weighted by Crippen LogP contribution is -2.52. The number of H-pyrrole nitrogens is 2. The van der Waals surface area contributed by atoms with E-state index >= 15 is 0 Å². The van der Waals surface area contributed by atoms with Crippen LogP contribution in [0.1, 0.15) is 102 Å². The molecule has 2 aromatic heterocycles. The number of hydrogen-bond acceptors (Lipinski definition) is 7. The van der Waals surface area contributed by atoms with Crippen LogP contribution in [0, 0.1) is 23.7 Å². The van der Waals surface area contributed by atoms with Crippen molar-refractivity contribution in [1.82, 2.24) is 40.4 Å². The molecule has 1 saturated carbocycles. The Balaban J connectivity index is 1.03. The summed E-state index contributed by atoms with van der Waals surface area (Å²) >= 11 is 0. The minimum Gasteiger partial charge on any atom is -0.465 e. The average molecular weight is 805 g/mol. The van der Waals surface area contributed by atoms with E-state index in [0.29, 0.717) is 11.7 Å². The van der Waals surface area contributed by atoms with Gasteiger partial charge in [0.15, 0.2) is 0 Å². The maximum absolute atomic E-state index is 13.9. The number of fused-ring (bicyclic) bond motifs is 2. The zero-order valence-electron chi connectivity index (χ0n) is 34.9. The van der Waals surface area contributed by atoms with Crippen molar-refractivity contribution in [3.05, 3.63) is 71.6 Å². The Morgan fingerprint density at radius 2 is 1.37 bits per heavy atom. The van der Waals surface area contributed by atoms with E-state index < -0.39 is 24.3 Å². The van der Waals surface area contributed by atoms with Crippen molar-refractivity contribution in [2.45, 2.75) is 116 Å². The second-order valence-corrected chi connectivity index (χ2v) is 17.8. The van der Waals surface area contributed by atoms with Gasteiger partial charge in [-0.25, -0.2) is 19.6 Å². The highest BCUT2D eigenvalue weighted by molar-refractivity contribution is 5.88. The van der Waals surface area contributed by atoms with Crippen molar-refractivity contribution in [2.75, 3.05) is 7.11 Å². The number of alkyl carbamates (subject to hydrolysis) is 1. The number of aromatic amines is 2. The van der Waals surface area contributed by atoms with E-state index in [-0.39, 0.29) is 53.7 Å². The Morgan fingerprint density at radius 1 is 0.780 bits per heavy atom. The van der Waals surface area contributed by atoms with E-state index in [4.69, 9.17) is 14.7 Å². The molecule has 5 N–H and O–H groups in total. The Bertz CT molecular complexity index is 2250. The molecule has 312 valence electrons. The fourth-order valence-electron chi connectivity index (χ4n) is 9.76. The highest BCUT2D eigenvalue weighted by Crippen LogP contribution is 2.53. The van der Waals surface area contributed by atoms with E-state index in [2.05, 4.69) is 63.9 Å². The normalized spacial score (nSPS) is 24.2. The number of carbonyl (C=O) groups excluding carboxylic acids is 3. The summed E-state index contributed by atoms with van der Waals surface area (Å²) in [7, 11) is 1.30. The van der Waals surface area contributed by atoms with E-state index in [1.807, 2.05) is 56.8 Å². The van der Waals surface area contributed by atoms with Gasteiger partial charge in [-0.05, 0) is 109 Å². The van der Waals surface area contributed by atoms with Crippen LogP contribution < -0.4 is 10.6 Å². The third kappa shape index (κ3) is 7.57. The molecule has 2 aliphatic heterocycles. The molecule has 2 unspecified atom stereocenters. The number of nitrogens with zero attached hydrogens (tertiary/aromatic N) is 4. The Morgan fingerprint density at radius 3 is 2.00 bits per heavy atom. The van der Waals surface area contributed by atoms with E-state index in [9.17, 15) is 24.3 Å². The molecule has 2 saturated heterocycles. The highest BCUT2D eigenvalue weighted by Gasteiger charge is 2.56. The first kappa shape index (κ1) is 40.1. The maximum Gasteiger partial charge on any atom is 0.407 e. The van der Waals surface area contributed by atoms with E-state index in [1.54, 1.807) is 0 Å². The van der Waals surface area contributed by atoms with Crippen LogP contribution in [0.5, 0.6) is 0 Å². The van der Waals surface area contributed by atoms with Gasteiger partial charge in [-0.15, -0.1) is 0 Å². The first-order valence-electron chi connectivity index (χ1n) is 21.1. The second-order valence-electron chi connectivity index (χ2n) is 17.8. The number of carbonyl (C=O) groups is 4. The zero-order chi connectivity index (χ0) is 41.9. The van der Waals surface area contributed by atoms with Gasteiger partial charge in [0.2, 0.25) is 11.8 Å². The summed E-state index contributed by atoms with van der Waals surface area (Å²) in [4.78, 5) is 71.9. The second kappa shape index (κ2) is 15.8. The number of likely N-dealkylation sites (tertiary alicyclic amines) is 2. The molecule has 4 aromatic rings. The molecule has 2 aliphatic carbocycles. The Labute approximate surface area is 344 Å². The Hall–Kier alpha value is -5.66. The minimum absolute atomic E-state index is 0.0766. The van der Waals surface area contributed by atoms with Gasteiger partial charge >= 0.3 is 12.2 Å². The number of rotatable bonds is 11. The van der Waals surface area contributed by atoms with Gasteiger partial charge < -0.3 is 40.2 Å². The van der Waals surface area contributed by atoms with Gasteiger partial charge in [-0.3, -0.25) is 9.59 Å². The van der Waals surface area contributed by atoms with E-state index in [1.165, 1.54) is 23.8 Å². The van der Waals surface area contributed by atoms with Crippen molar-refractivity contribution < 1.29 is 29.0 Å². The lowest BCUT2D eigenvalue weighted by Gasteiger charge is -2.33. The topological polar surface area (TPSA) is 186 Å². The number of ether oxygens (including phenoxy) is 1. The molecule has 14 nitrogen and oxygen atoms in total. The number of imidazole rings is 2. The number of aryl methyl sites for hydroxylation is 1. The van der Waals surface area contributed by atoms with Crippen molar-refractivity contribution in [3.63, 3.8) is 0 Å². The standard InChI is InChI=1S/C45H56N8O6/c1-22(2)38(50-44(56)57)42(54)52-25(6)24(5)15-36(52)40-47-21-34(49-40)29-16-28-9-8-10-31(28)32(17-29)26-11-13-27(14-12-26)33-20-46-41(48-33)37-19-30-18-35(30)53(37)43(55)39(23(3)4)51-45(58)59-7/h11-14,16-17,20-25,30,35-39,50H,8-10,15,18-19H2,1-7H3,(H,46,48)(H,47,49)(H,51,58)(H,56,57)/t24?,25-,30-,35-,36+,37+,38+,39?/m1/s1. The van der Waals surface area contributed by atoms with Crippen molar-refractivity contribution in [3.8, 4) is 33.6 Å². The quantitative estimate of drug-likeness (QED) is 0.105. The SMILES string of the molecule is COC(=O)NC(C(=O)N1[C@@H]2C[C@@H]2C[C@H]1c1ncc(-c2ccc(-c3cc(-c4cnc([C@@H]5CC(C)[C@@H](C)N5C(=O)[C@@H](NC(=O)O)C(C)C)[nH]4)cc4c3CCC4)cc2)[nH]1)C(C)C. The molecular formula is C45H56N8O6. The van der Waals surface area contributed by atoms with Crippen LogP contribution >= 0.6 is 0 Å². The molecule has 3 fully saturated rings. The molecule has 14 heteroatoms. The first-order valence-corrected chi connectivity index (χ1v) is 21.1. The highest BCUT2D eigenvalue weighted by atomic mass is 16.5. The lowest BCUT2D eigenvalue weighted by atomic mass is 9.93. The fraction of sp³-hybridized carbons (Fsp3) is 0.511. The molecule has 2 aromatic carbocycles. The van der Waals surface area contributed by atoms with Crippen LogP contribution in [0.3, 0.4) is 0 Å². The number of hydrogen-bond donors (Lipinski definition) is 5. The fourth-order valence-corrected chi connectivity index (χ4v) is 9.76. The van der Waals surface area contributed by atoms with Gasteiger partial charge in [-0.2, -0.15) is 0 Å². The van der Waals surface area contributed by atoms with Gasteiger partial charge in [0, 0.05) is 17.6 Å². The number of amides is 4. The summed E-state index contributed by atoms with van der Waals surface area (Å²) < 4.78 is 4.81. The molecule has 8 atom stereocenters. The third-order valence-electron chi connectivity index (χ3n) is 13.3. The Kier molecular flexibility index (Phi) is 10.8. The molecule has 8 rings (SSSR count). The lowest BCUT2D eigenvalue weighted by molar-refractivity contribution is -0.138. The molecular weight excluding hydrogens is 749 g/mol. The number of piperidine rings is 1. The van der Waals surface area contributed by atoms with Gasteiger partial charge in [0.05, 0.1) is 43.0 Å². The molecule has 0 spiro atoms. The van der Waals surface area contributed by atoms with Crippen LogP contribution in [-0.2, 0) is 27.2 Å². The molecule has 0 radical (unpaired) electrons. The third-order valence-corrected chi connectivity index (χ3v) is 13.3. The largest absolute Gasteiger partial charge is 0.465 e. The first-order chi connectivity index (χ1) is 28.2. The molecule has 4 heterocycles. The van der Waals surface area contributed by atoms with Crippen LogP contribution in [-0.4, -0.2) is 90.1 Å². The van der Waals surface area contributed by atoms with Gasteiger partial charge in [0.25, 0.3) is 0 Å². The van der Waals surface area contributed by atoms with Crippen LogP contribution in [0.15, 0.2) is 48.8 Å². The monoisotopic (exact) mass is 804 g/mol. The smallest absolute Gasteiger partial charge is 0.407 e. The van der Waals surface area contributed by atoms with E-state index in [0.717, 1.165) is 72.4 Å². The summed E-state index contributed by atoms with van der Waals surface area (Å²) in [5.41, 5.74) is 8.74. The number of methoxy groups -OCH3 is 1. The summed E-state index contributed by atoms with van der Waals surface area (Å²) in [6.07, 6.45) is 7.48. The van der Waals surface area contributed by atoms with Crippen molar-refractivity contribution in [2.24, 2.45) is 23.7 Å². The van der Waals surface area contributed by atoms with Crippen molar-refractivity contribution >= 4 is 24.0 Å². The summed E-state index contributed by atoms with van der Waals surface area (Å²) in [6.45, 7) is 11.7. The van der Waals surface area contributed by atoms with Crippen LogP contribution in [0.25, 0.3) is 33.6 Å². The predicted molar refractivity (Wildman–Crippen MR) is 222 cm³/mol. The molecule has 59 heavy (non-hydrogen) atoms. The number of nitrogens with one attached hydrogen (secondary N) is 4. The van der Waals surface area contributed by atoms with Gasteiger partial charge in [0.1, 0.15) is 23.7 Å². The summed E-state index contributed by atoms with van der Waals surface area (Å²) in [6, 6.07) is 11.1. The number of aromatic nitrogens is 4. The molecule has 4 amide bonds. The molecule has 4 aliphatic rings. The number of benzene rings is 2.